The average Bonchev–Trinajstić information content (AvgIpc) is 3.20. The lowest BCUT2D eigenvalue weighted by molar-refractivity contribution is 0.0747. The predicted octanol–water partition coefficient (Wildman–Crippen LogP) is 6.42. The second kappa shape index (κ2) is 9.83. The van der Waals surface area contributed by atoms with Gasteiger partial charge in [0.25, 0.3) is 5.91 Å². The standard InChI is InChI=1S/C22H22Cl3N5OS/c1-3-13(2)27-28-22-26-19-18(32-22)7-6-16(24)20(19)29-8-10-30(11-9-29)21(31)15-5-4-14(23)12-17(15)25/h4-7,12H,3,8-11H2,1-2H3,(H,26,28)/b27-13+. The smallest absolute Gasteiger partial charge is 0.255 e. The summed E-state index contributed by atoms with van der Waals surface area (Å²) >= 11 is 20.3. The number of piperazine rings is 1. The lowest BCUT2D eigenvalue weighted by atomic mass is 10.1. The fraction of sp³-hybridized carbons (Fsp3) is 0.318. The van der Waals surface area contributed by atoms with Crippen molar-refractivity contribution in [1.29, 1.82) is 0 Å². The molecule has 4 rings (SSSR count). The normalized spacial score (nSPS) is 14.8. The molecule has 2 heterocycles. The summed E-state index contributed by atoms with van der Waals surface area (Å²) in [4.78, 5) is 21.7. The highest BCUT2D eigenvalue weighted by Gasteiger charge is 2.26. The molecule has 1 aliphatic heterocycles. The van der Waals surface area contributed by atoms with Crippen molar-refractivity contribution in [2.45, 2.75) is 20.3 Å². The second-order valence-electron chi connectivity index (χ2n) is 7.48. The number of hydrogen-bond donors (Lipinski definition) is 1. The number of thiazole rings is 1. The van der Waals surface area contributed by atoms with Crippen LogP contribution in [0.15, 0.2) is 35.4 Å². The number of aromatic nitrogens is 1. The number of nitrogens with one attached hydrogen (secondary N) is 1. The van der Waals surface area contributed by atoms with Gasteiger partial charge in [-0.3, -0.25) is 10.2 Å². The number of hydrogen-bond acceptors (Lipinski definition) is 6. The Morgan fingerprint density at radius 1 is 1.12 bits per heavy atom. The van der Waals surface area contributed by atoms with Crippen LogP contribution in [0, 0.1) is 0 Å². The van der Waals surface area contributed by atoms with E-state index < -0.39 is 0 Å². The first kappa shape index (κ1) is 23.1. The van der Waals surface area contributed by atoms with E-state index in [1.165, 1.54) is 11.3 Å². The molecule has 0 bridgehead atoms. The van der Waals surface area contributed by atoms with Crippen LogP contribution in [0.5, 0.6) is 0 Å². The van der Waals surface area contributed by atoms with Gasteiger partial charge in [0.05, 0.1) is 26.0 Å². The third-order valence-electron chi connectivity index (χ3n) is 5.38. The highest BCUT2D eigenvalue weighted by Crippen LogP contribution is 2.38. The van der Waals surface area contributed by atoms with Crippen LogP contribution in [0.4, 0.5) is 10.8 Å². The maximum Gasteiger partial charge on any atom is 0.255 e. The van der Waals surface area contributed by atoms with E-state index >= 15 is 0 Å². The van der Waals surface area contributed by atoms with Gasteiger partial charge in [0, 0.05) is 36.9 Å². The summed E-state index contributed by atoms with van der Waals surface area (Å²) < 4.78 is 1.03. The molecular formula is C22H22Cl3N5OS. The quantitative estimate of drug-likeness (QED) is 0.318. The Morgan fingerprint density at radius 3 is 2.56 bits per heavy atom. The molecule has 1 fully saturated rings. The van der Waals surface area contributed by atoms with Crippen LogP contribution in [0.3, 0.4) is 0 Å². The van der Waals surface area contributed by atoms with E-state index in [1.54, 1.807) is 23.1 Å². The maximum absolute atomic E-state index is 12.9. The third kappa shape index (κ3) is 4.81. The highest BCUT2D eigenvalue weighted by molar-refractivity contribution is 7.22. The Balaban J connectivity index is 1.52. The Hall–Kier alpha value is -2.06. The van der Waals surface area contributed by atoms with E-state index in [-0.39, 0.29) is 5.91 Å². The Labute approximate surface area is 205 Å². The summed E-state index contributed by atoms with van der Waals surface area (Å²) in [5.41, 5.74) is 6.24. The van der Waals surface area contributed by atoms with Gasteiger partial charge < -0.3 is 9.80 Å². The summed E-state index contributed by atoms with van der Waals surface area (Å²) in [5.74, 6) is -0.0973. The van der Waals surface area contributed by atoms with E-state index in [0.29, 0.717) is 46.8 Å². The summed E-state index contributed by atoms with van der Waals surface area (Å²) in [7, 11) is 0. The fourth-order valence-corrected chi connectivity index (χ4v) is 5.07. The van der Waals surface area contributed by atoms with Gasteiger partial charge in [0.15, 0.2) is 0 Å². The van der Waals surface area contributed by atoms with Gasteiger partial charge in [0.1, 0.15) is 5.52 Å². The van der Waals surface area contributed by atoms with E-state index in [1.807, 2.05) is 19.1 Å². The summed E-state index contributed by atoms with van der Waals surface area (Å²) in [6.45, 7) is 6.43. The number of benzene rings is 2. The number of amides is 1. The van der Waals surface area contributed by atoms with Crippen molar-refractivity contribution in [3.63, 3.8) is 0 Å². The molecule has 1 N–H and O–H groups in total. The van der Waals surface area contributed by atoms with Gasteiger partial charge in [-0.1, -0.05) is 53.1 Å². The molecule has 1 saturated heterocycles. The van der Waals surface area contributed by atoms with Gasteiger partial charge in [-0.05, 0) is 43.7 Å². The molecule has 0 unspecified atom stereocenters. The first-order valence-electron chi connectivity index (χ1n) is 10.2. The topological polar surface area (TPSA) is 60.8 Å². The molecule has 0 atom stereocenters. The van der Waals surface area contributed by atoms with E-state index in [4.69, 9.17) is 39.8 Å². The number of nitrogens with zero attached hydrogens (tertiary/aromatic N) is 4. The van der Waals surface area contributed by atoms with Crippen molar-refractivity contribution >= 4 is 78.8 Å². The molecule has 168 valence electrons. The van der Waals surface area contributed by atoms with Gasteiger partial charge in [0.2, 0.25) is 5.13 Å². The van der Waals surface area contributed by atoms with Crippen molar-refractivity contribution in [1.82, 2.24) is 9.88 Å². The zero-order valence-corrected chi connectivity index (χ0v) is 20.7. The van der Waals surface area contributed by atoms with Gasteiger partial charge >= 0.3 is 0 Å². The Kier molecular flexibility index (Phi) is 7.10. The minimum absolute atomic E-state index is 0.0973. The Morgan fingerprint density at radius 2 is 1.88 bits per heavy atom. The van der Waals surface area contributed by atoms with Crippen molar-refractivity contribution in [3.8, 4) is 0 Å². The average molecular weight is 511 g/mol. The molecule has 0 radical (unpaired) electrons. The van der Waals surface area contributed by atoms with Crippen LogP contribution < -0.4 is 10.3 Å². The molecule has 6 nitrogen and oxygen atoms in total. The second-order valence-corrected chi connectivity index (χ2v) is 9.76. The first-order chi connectivity index (χ1) is 15.4. The van der Waals surface area contributed by atoms with Gasteiger partial charge in [-0.25, -0.2) is 4.98 Å². The van der Waals surface area contributed by atoms with Crippen LogP contribution in [0.1, 0.15) is 30.6 Å². The van der Waals surface area contributed by atoms with Crippen LogP contribution in [0.25, 0.3) is 10.2 Å². The molecule has 0 aliphatic carbocycles. The van der Waals surface area contributed by atoms with Crippen LogP contribution in [0.2, 0.25) is 15.1 Å². The van der Waals surface area contributed by atoms with Crippen molar-refractivity contribution < 1.29 is 4.79 Å². The van der Waals surface area contributed by atoms with E-state index in [0.717, 1.165) is 33.2 Å². The van der Waals surface area contributed by atoms with E-state index in [2.05, 4.69) is 22.4 Å². The lowest BCUT2D eigenvalue weighted by Crippen LogP contribution is -2.49. The maximum atomic E-state index is 12.9. The number of halogens is 3. The van der Waals surface area contributed by atoms with Crippen LogP contribution in [-0.2, 0) is 0 Å². The summed E-state index contributed by atoms with van der Waals surface area (Å²) in [5, 5.41) is 6.58. The number of carbonyl (C=O) groups excluding carboxylic acids is 1. The largest absolute Gasteiger partial charge is 0.365 e. The molecule has 2 aromatic carbocycles. The number of anilines is 2. The minimum atomic E-state index is -0.0973. The molecule has 0 spiro atoms. The van der Waals surface area contributed by atoms with Crippen molar-refractivity contribution in [2.24, 2.45) is 5.10 Å². The van der Waals surface area contributed by atoms with Gasteiger partial charge in [-0.2, -0.15) is 5.10 Å². The molecule has 0 saturated carbocycles. The van der Waals surface area contributed by atoms with Crippen LogP contribution >= 0.6 is 46.1 Å². The molecule has 3 aromatic rings. The number of hydrazone groups is 1. The predicted molar refractivity (Wildman–Crippen MR) is 136 cm³/mol. The molecule has 1 amide bonds. The van der Waals surface area contributed by atoms with Gasteiger partial charge in [-0.15, -0.1) is 0 Å². The molecular weight excluding hydrogens is 489 g/mol. The summed E-state index contributed by atoms with van der Waals surface area (Å²) in [6, 6.07) is 8.81. The summed E-state index contributed by atoms with van der Waals surface area (Å²) in [6.07, 6.45) is 0.874. The Bertz CT molecular complexity index is 1190. The monoisotopic (exact) mass is 509 g/mol. The highest BCUT2D eigenvalue weighted by atomic mass is 35.5. The zero-order chi connectivity index (χ0) is 22.8. The zero-order valence-electron chi connectivity index (χ0n) is 17.7. The van der Waals surface area contributed by atoms with E-state index in [9.17, 15) is 4.79 Å². The number of fused-ring (bicyclic) bond motifs is 1. The molecule has 10 heteroatoms. The number of carbonyl (C=O) groups is 1. The molecule has 1 aliphatic rings. The lowest BCUT2D eigenvalue weighted by Gasteiger charge is -2.36. The SMILES string of the molecule is CC/C(C)=N/Nc1nc2c(N3CCN(C(=O)c4ccc(Cl)cc4Cl)CC3)c(Cl)ccc2s1. The fourth-order valence-electron chi connectivity index (χ4n) is 3.49. The molecule has 1 aromatic heterocycles. The third-order valence-corrected chi connectivity index (χ3v) is 7.16. The minimum Gasteiger partial charge on any atom is -0.365 e. The van der Waals surface area contributed by atoms with Crippen LogP contribution in [-0.4, -0.2) is 47.7 Å². The first-order valence-corrected chi connectivity index (χ1v) is 12.2. The number of rotatable bonds is 5. The molecule has 32 heavy (non-hydrogen) atoms. The van der Waals surface area contributed by atoms with Crippen molar-refractivity contribution in [3.05, 3.63) is 51.0 Å². The van der Waals surface area contributed by atoms with Crippen molar-refractivity contribution in [2.75, 3.05) is 36.5 Å².